The van der Waals surface area contributed by atoms with Crippen LogP contribution >= 0.6 is 0 Å². The standard InChI is InChI=1S/C21H25N3O3/c1-16(25)19-8-3-4-9-20(19)22-21(26)15-23-10-12-24(13-11-23)17-6-5-7-18(14-17)27-2/h3-9,14H,10-13,15H2,1-2H3,(H,22,26). The minimum atomic E-state index is -0.0986. The Morgan fingerprint density at radius 1 is 1.04 bits per heavy atom. The zero-order valence-electron chi connectivity index (χ0n) is 15.8. The van der Waals surface area contributed by atoms with Gasteiger partial charge in [0.2, 0.25) is 5.91 Å². The molecule has 0 saturated carbocycles. The fraction of sp³-hybridized carbons (Fsp3) is 0.333. The Hall–Kier alpha value is -2.86. The van der Waals surface area contributed by atoms with Crippen molar-refractivity contribution >= 4 is 23.1 Å². The van der Waals surface area contributed by atoms with Crippen molar-refractivity contribution in [1.29, 1.82) is 0 Å². The van der Waals surface area contributed by atoms with Crippen molar-refractivity contribution < 1.29 is 14.3 Å². The molecule has 0 aliphatic carbocycles. The Bertz CT molecular complexity index is 814. The van der Waals surface area contributed by atoms with Gasteiger partial charge in [0.25, 0.3) is 0 Å². The number of carbonyl (C=O) groups excluding carboxylic acids is 2. The molecule has 1 N–H and O–H groups in total. The number of rotatable bonds is 6. The van der Waals surface area contributed by atoms with Crippen molar-refractivity contribution in [3.05, 3.63) is 54.1 Å². The molecule has 0 unspecified atom stereocenters. The van der Waals surface area contributed by atoms with E-state index in [-0.39, 0.29) is 11.7 Å². The number of Topliss-reactive ketones (excluding diaryl/α,β-unsaturated/α-hetero) is 1. The number of nitrogens with zero attached hydrogens (tertiary/aromatic N) is 2. The van der Waals surface area contributed by atoms with E-state index in [2.05, 4.69) is 21.2 Å². The maximum absolute atomic E-state index is 12.4. The molecule has 1 amide bonds. The molecule has 0 aromatic heterocycles. The lowest BCUT2D eigenvalue weighted by atomic mass is 10.1. The largest absolute Gasteiger partial charge is 0.497 e. The van der Waals surface area contributed by atoms with Gasteiger partial charge in [0, 0.05) is 43.5 Å². The van der Waals surface area contributed by atoms with Crippen LogP contribution in [0.3, 0.4) is 0 Å². The summed E-state index contributed by atoms with van der Waals surface area (Å²) in [6, 6.07) is 15.1. The maximum Gasteiger partial charge on any atom is 0.238 e. The van der Waals surface area contributed by atoms with E-state index in [4.69, 9.17) is 4.74 Å². The molecular weight excluding hydrogens is 342 g/mol. The SMILES string of the molecule is COc1cccc(N2CCN(CC(=O)Nc3ccccc3C(C)=O)CC2)c1. The van der Waals surface area contributed by atoms with E-state index in [1.807, 2.05) is 24.3 Å². The summed E-state index contributed by atoms with van der Waals surface area (Å²) >= 11 is 0. The highest BCUT2D eigenvalue weighted by Crippen LogP contribution is 2.22. The lowest BCUT2D eigenvalue weighted by molar-refractivity contribution is -0.117. The lowest BCUT2D eigenvalue weighted by Gasteiger charge is -2.35. The number of ether oxygens (including phenoxy) is 1. The summed E-state index contributed by atoms with van der Waals surface area (Å²) in [5.74, 6) is 0.690. The molecule has 0 spiro atoms. The average Bonchev–Trinajstić information content (AvgIpc) is 2.69. The van der Waals surface area contributed by atoms with E-state index < -0.39 is 0 Å². The molecule has 27 heavy (non-hydrogen) atoms. The molecule has 142 valence electrons. The fourth-order valence-corrected chi connectivity index (χ4v) is 3.26. The second kappa shape index (κ2) is 8.68. The van der Waals surface area contributed by atoms with E-state index in [0.29, 0.717) is 17.8 Å². The summed E-state index contributed by atoms with van der Waals surface area (Å²) in [5, 5.41) is 2.87. The van der Waals surface area contributed by atoms with Crippen LogP contribution < -0.4 is 15.0 Å². The van der Waals surface area contributed by atoms with Crippen LogP contribution in [0.5, 0.6) is 5.75 Å². The third-order valence-electron chi connectivity index (χ3n) is 4.74. The molecule has 0 atom stereocenters. The number of hydrogen-bond acceptors (Lipinski definition) is 5. The number of benzene rings is 2. The molecule has 2 aromatic carbocycles. The summed E-state index contributed by atoms with van der Waals surface area (Å²) in [7, 11) is 1.67. The zero-order chi connectivity index (χ0) is 19.2. The molecular formula is C21H25N3O3. The summed E-state index contributed by atoms with van der Waals surface area (Å²) in [5.41, 5.74) is 2.24. The molecule has 1 heterocycles. The molecule has 1 saturated heterocycles. The second-order valence-corrected chi connectivity index (χ2v) is 6.61. The van der Waals surface area contributed by atoms with E-state index >= 15 is 0 Å². The smallest absolute Gasteiger partial charge is 0.238 e. The van der Waals surface area contributed by atoms with Gasteiger partial charge in [0.15, 0.2) is 5.78 Å². The van der Waals surface area contributed by atoms with Gasteiger partial charge >= 0.3 is 0 Å². The van der Waals surface area contributed by atoms with Gasteiger partial charge in [0.1, 0.15) is 5.75 Å². The van der Waals surface area contributed by atoms with Crippen molar-refractivity contribution in [3.63, 3.8) is 0 Å². The van der Waals surface area contributed by atoms with Gasteiger partial charge in [-0.05, 0) is 31.2 Å². The van der Waals surface area contributed by atoms with E-state index in [1.165, 1.54) is 6.92 Å². The van der Waals surface area contributed by atoms with Crippen LogP contribution in [-0.2, 0) is 4.79 Å². The number of amides is 1. The van der Waals surface area contributed by atoms with Crippen LogP contribution in [0.4, 0.5) is 11.4 Å². The summed E-state index contributed by atoms with van der Waals surface area (Å²) < 4.78 is 5.29. The number of carbonyl (C=O) groups is 2. The normalized spacial score (nSPS) is 14.7. The van der Waals surface area contributed by atoms with Gasteiger partial charge in [-0.1, -0.05) is 18.2 Å². The number of para-hydroxylation sites is 1. The maximum atomic E-state index is 12.4. The highest BCUT2D eigenvalue weighted by molar-refractivity contribution is 6.04. The van der Waals surface area contributed by atoms with Crippen LogP contribution in [0, 0.1) is 0 Å². The van der Waals surface area contributed by atoms with Crippen molar-refractivity contribution in [2.75, 3.05) is 50.1 Å². The van der Waals surface area contributed by atoms with Gasteiger partial charge < -0.3 is 15.0 Å². The molecule has 1 aliphatic rings. The topological polar surface area (TPSA) is 61.9 Å². The number of hydrogen-bond donors (Lipinski definition) is 1. The quantitative estimate of drug-likeness (QED) is 0.796. The Labute approximate surface area is 159 Å². The predicted octanol–water partition coefficient (Wildman–Crippen LogP) is 2.66. The highest BCUT2D eigenvalue weighted by Gasteiger charge is 2.20. The summed E-state index contributed by atoms with van der Waals surface area (Å²) in [6.45, 7) is 5.13. The highest BCUT2D eigenvalue weighted by atomic mass is 16.5. The Morgan fingerprint density at radius 2 is 1.78 bits per heavy atom. The third kappa shape index (κ3) is 4.86. The van der Waals surface area contributed by atoms with Crippen molar-refractivity contribution in [3.8, 4) is 5.75 Å². The average molecular weight is 367 g/mol. The summed E-state index contributed by atoms with van der Waals surface area (Å²) in [6.07, 6.45) is 0. The zero-order valence-corrected chi connectivity index (χ0v) is 15.8. The van der Waals surface area contributed by atoms with Gasteiger partial charge in [-0.15, -0.1) is 0 Å². The van der Waals surface area contributed by atoms with Crippen molar-refractivity contribution in [1.82, 2.24) is 4.90 Å². The molecule has 6 nitrogen and oxygen atoms in total. The van der Waals surface area contributed by atoms with Crippen LogP contribution in [0.2, 0.25) is 0 Å². The number of nitrogens with one attached hydrogen (secondary N) is 1. The molecule has 0 bridgehead atoms. The number of piperazine rings is 1. The first-order valence-electron chi connectivity index (χ1n) is 9.08. The monoisotopic (exact) mass is 367 g/mol. The molecule has 3 rings (SSSR count). The second-order valence-electron chi connectivity index (χ2n) is 6.61. The fourth-order valence-electron chi connectivity index (χ4n) is 3.26. The number of methoxy groups -OCH3 is 1. The minimum Gasteiger partial charge on any atom is -0.497 e. The van der Waals surface area contributed by atoms with Gasteiger partial charge in [-0.25, -0.2) is 0 Å². The summed E-state index contributed by atoms with van der Waals surface area (Å²) in [4.78, 5) is 28.5. The third-order valence-corrected chi connectivity index (χ3v) is 4.74. The van der Waals surface area contributed by atoms with Gasteiger partial charge in [0.05, 0.1) is 19.3 Å². The lowest BCUT2D eigenvalue weighted by Crippen LogP contribution is -2.48. The van der Waals surface area contributed by atoms with E-state index in [0.717, 1.165) is 37.6 Å². The van der Waals surface area contributed by atoms with Crippen LogP contribution in [-0.4, -0.2) is 56.4 Å². The molecule has 1 fully saturated rings. The van der Waals surface area contributed by atoms with E-state index in [1.54, 1.807) is 25.3 Å². The molecule has 1 aliphatic heterocycles. The first kappa shape index (κ1) is 18.9. The minimum absolute atomic E-state index is 0.0576. The molecule has 6 heteroatoms. The Kier molecular flexibility index (Phi) is 6.08. The molecule has 0 radical (unpaired) electrons. The van der Waals surface area contributed by atoms with E-state index in [9.17, 15) is 9.59 Å². The van der Waals surface area contributed by atoms with Crippen LogP contribution in [0.25, 0.3) is 0 Å². The molecule has 2 aromatic rings. The van der Waals surface area contributed by atoms with Gasteiger partial charge in [-0.2, -0.15) is 0 Å². The first-order chi connectivity index (χ1) is 13.1. The van der Waals surface area contributed by atoms with Gasteiger partial charge in [-0.3, -0.25) is 14.5 Å². The Morgan fingerprint density at radius 3 is 2.48 bits per heavy atom. The number of ketones is 1. The van der Waals surface area contributed by atoms with Crippen LogP contribution in [0.15, 0.2) is 48.5 Å². The number of anilines is 2. The van der Waals surface area contributed by atoms with Crippen molar-refractivity contribution in [2.45, 2.75) is 6.92 Å². The Balaban J connectivity index is 1.53. The predicted molar refractivity (Wildman–Crippen MR) is 107 cm³/mol. The van der Waals surface area contributed by atoms with Crippen LogP contribution in [0.1, 0.15) is 17.3 Å². The van der Waals surface area contributed by atoms with Crippen molar-refractivity contribution in [2.24, 2.45) is 0 Å². The first-order valence-corrected chi connectivity index (χ1v) is 9.08.